The predicted octanol–water partition coefficient (Wildman–Crippen LogP) is 5.95. The number of phenols is 1. The van der Waals surface area contributed by atoms with E-state index in [2.05, 4.69) is 43.1 Å². The summed E-state index contributed by atoms with van der Waals surface area (Å²) in [5.74, 6) is -0.794. The molecule has 1 aliphatic heterocycles. The van der Waals surface area contributed by atoms with Crippen LogP contribution in [-0.2, 0) is 0 Å². The molecule has 3 aromatic rings. The molecule has 0 saturated heterocycles. The van der Waals surface area contributed by atoms with Crippen molar-refractivity contribution in [2.45, 2.75) is 52.0 Å². The van der Waals surface area contributed by atoms with Gasteiger partial charge in [0, 0.05) is 23.3 Å². The zero-order valence-corrected chi connectivity index (χ0v) is 19.5. The highest BCUT2D eigenvalue weighted by Gasteiger charge is 2.36. The van der Waals surface area contributed by atoms with E-state index in [1.54, 1.807) is 18.2 Å². The molecule has 6 heteroatoms. The third-order valence-corrected chi connectivity index (χ3v) is 6.43. The lowest BCUT2D eigenvalue weighted by atomic mass is 9.79. The van der Waals surface area contributed by atoms with Crippen LogP contribution < -0.4 is 10.3 Å². The maximum atomic E-state index is 15.0. The number of nitrogens with one attached hydrogen (secondary N) is 1. The second-order valence-corrected chi connectivity index (χ2v) is 9.42. The van der Waals surface area contributed by atoms with Crippen LogP contribution in [0.5, 0.6) is 5.75 Å². The summed E-state index contributed by atoms with van der Waals surface area (Å²) in [6, 6.07) is 14.0. The van der Waals surface area contributed by atoms with Gasteiger partial charge in [-0.15, -0.1) is 0 Å². The molecule has 0 radical (unpaired) electrons. The summed E-state index contributed by atoms with van der Waals surface area (Å²) in [5.41, 5.74) is 4.82. The quantitative estimate of drug-likeness (QED) is 0.375. The number of amides is 1. The van der Waals surface area contributed by atoms with Crippen molar-refractivity contribution in [3.8, 4) is 5.75 Å². The number of fused-ring (bicyclic) bond motifs is 2. The number of nitrogens with zero attached hydrogens (tertiary/aromatic N) is 2. The molecule has 4 rings (SSSR count). The Morgan fingerprint density at radius 3 is 2.64 bits per heavy atom. The van der Waals surface area contributed by atoms with E-state index >= 15 is 0 Å². The van der Waals surface area contributed by atoms with Crippen molar-refractivity contribution in [3.63, 3.8) is 0 Å². The molecular weight excluding hydrogens is 417 g/mol. The lowest BCUT2D eigenvalue weighted by Crippen LogP contribution is -2.48. The lowest BCUT2D eigenvalue weighted by molar-refractivity contribution is 0.0952. The number of hydrogen-bond acceptors (Lipinski definition) is 4. The highest BCUT2D eigenvalue weighted by Crippen LogP contribution is 2.44. The highest BCUT2D eigenvalue weighted by molar-refractivity contribution is 6.01. The van der Waals surface area contributed by atoms with Crippen LogP contribution >= 0.6 is 0 Å². The molecule has 1 atom stereocenters. The first-order chi connectivity index (χ1) is 15.7. The predicted molar refractivity (Wildman–Crippen MR) is 132 cm³/mol. The molecule has 1 unspecified atom stereocenters. The van der Waals surface area contributed by atoms with Gasteiger partial charge in [-0.1, -0.05) is 38.1 Å². The van der Waals surface area contributed by atoms with Gasteiger partial charge in [0.2, 0.25) is 0 Å². The van der Waals surface area contributed by atoms with E-state index in [1.807, 2.05) is 30.3 Å². The van der Waals surface area contributed by atoms with E-state index in [-0.39, 0.29) is 28.6 Å². The molecule has 1 aliphatic rings. The molecule has 0 aliphatic carbocycles. The van der Waals surface area contributed by atoms with Crippen molar-refractivity contribution in [1.82, 2.24) is 5.43 Å². The first kappa shape index (κ1) is 22.8. The van der Waals surface area contributed by atoms with Crippen LogP contribution in [0.25, 0.3) is 10.8 Å². The number of carbonyl (C=O) groups excluding carboxylic acids is 1. The van der Waals surface area contributed by atoms with Crippen LogP contribution in [0.1, 0.15) is 67.9 Å². The van der Waals surface area contributed by atoms with Crippen molar-refractivity contribution >= 4 is 28.6 Å². The third-order valence-electron chi connectivity index (χ3n) is 6.43. The molecule has 2 N–H and O–H groups in total. The summed E-state index contributed by atoms with van der Waals surface area (Å²) in [4.78, 5) is 14.9. The summed E-state index contributed by atoms with van der Waals surface area (Å²) < 4.78 is 15.0. The van der Waals surface area contributed by atoms with Gasteiger partial charge in [-0.3, -0.25) is 4.79 Å². The minimum absolute atomic E-state index is 0.0414. The molecule has 1 amide bonds. The maximum absolute atomic E-state index is 15.0. The van der Waals surface area contributed by atoms with Crippen molar-refractivity contribution in [2.75, 3.05) is 11.4 Å². The fourth-order valence-corrected chi connectivity index (χ4v) is 4.90. The molecule has 172 valence electrons. The number of aromatic hydroxyl groups is 1. The number of rotatable bonds is 5. The number of phenolic OH excluding ortho intramolecular Hbond substituents is 1. The average molecular weight is 448 g/mol. The van der Waals surface area contributed by atoms with Gasteiger partial charge in [0.05, 0.1) is 11.8 Å². The average Bonchev–Trinajstić information content (AvgIpc) is 2.76. The monoisotopic (exact) mass is 447 g/mol. The number of anilines is 1. The normalized spacial score (nSPS) is 17.4. The van der Waals surface area contributed by atoms with E-state index in [0.717, 1.165) is 41.4 Å². The summed E-state index contributed by atoms with van der Waals surface area (Å²) in [6.45, 7) is 9.55. The van der Waals surface area contributed by atoms with E-state index in [4.69, 9.17) is 0 Å². The molecule has 0 aromatic heterocycles. The van der Waals surface area contributed by atoms with Gasteiger partial charge in [-0.2, -0.15) is 5.10 Å². The molecule has 33 heavy (non-hydrogen) atoms. The Kier molecular flexibility index (Phi) is 6.11. The number of hydrazone groups is 1. The van der Waals surface area contributed by atoms with Crippen LogP contribution in [0.3, 0.4) is 0 Å². The topological polar surface area (TPSA) is 64.9 Å². The van der Waals surface area contributed by atoms with Gasteiger partial charge in [0.15, 0.2) is 0 Å². The van der Waals surface area contributed by atoms with Crippen LogP contribution in [-0.4, -0.2) is 29.3 Å². The Hall–Kier alpha value is -3.41. The zero-order chi connectivity index (χ0) is 23.8. The van der Waals surface area contributed by atoms with Crippen LogP contribution in [0.4, 0.5) is 10.1 Å². The summed E-state index contributed by atoms with van der Waals surface area (Å²) in [7, 11) is 0. The number of benzene rings is 3. The Morgan fingerprint density at radius 1 is 1.24 bits per heavy atom. The van der Waals surface area contributed by atoms with Gasteiger partial charge in [-0.25, -0.2) is 9.82 Å². The largest absolute Gasteiger partial charge is 0.507 e. The van der Waals surface area contributed by atoms with Crippen molar-refractivity contribution in [3.05, 3.63) is 71.0 Å². The van der Waals surface area contributed by atoms with Crippen molar-refractivity contribution < 1.29 is 14.3 Å². The molecule has 5 nitrogen and oxygen atoms in total. The second-order valence-electron chi connectivity index (χ2n) is 9.42. The fourth-order valence-electron chi connectivity index (χ4n) is 4.90. The summed E-state index contributed by atoms with van der Waals surface area (Å²) in [6.07, 6.45) is 3.28. The van der Waals surface area contributed by atoms with Gasteiger partial charge >= 0.3 is 0 Å². The van der Waals surface area contributed by atoms with Crippen LogP contribution in [0.2, 0.25) is 0 Å². The number of halogens is 1. The molecular formula is C27H30FN3O2. The van der Waals surface area contributed by atoms with E-state index in [1.165, 1.54) is 6.21 Å². The van der Waals surface area contributed by atoms with Crippen molar-refractivity contribution in [2.24, 2.45) is 5.10 Å². The van der Waals surface area contributed by atoms with Gasteiger partial charge in [0.1, 0.15) is 11.6 Å². The van der Waals surface area contributed by atoms with Crippen LogP contribution in [0, 0.1) is 5.82 Å². The minimum Gasteiger partial charge on any atom is -0.507 e. The lowest BCUT2D eigenvalue weighted by Gasteiger charge is -2.47. The molecule has 0 bridgehead atoms. The molecule has 3 aromatic carbocycles. The third kappa shape index (κ3) is 4.42. The van der Waals surface area contributed by atoms with E-state index in [9.17, 15) is 14.3 Å². The molecule has 0 spiro atoms. The second kappa shape index (κ2) is 8.85. The zero-order valence-electron chi connectivity index (χ0n) is 19.5. The molecule has 0 saturated carbocycles. The number of carbonyl (C=O) groups is 1. The van der Waals surface area contributed by atoms with Crippen molar-refractivity contribution in [1.29, 1.82) is 0 Å². The Bertz CT molecular complexity index is 1240. The summed E-state index contributed by atoms with van der Waals surface area (Å²) in [5, 5.41) is 15.9. The SMILES string of the molecule is CCCN1c2cc(F)c(/C=N\NC(=O)c3cc4ccccc4cc3O)cc2C(C)CC1(C)C. The Labute approximate surface area is 193 Å². The first-order valence-corrected chi connectivity index (χ1v) is 11.4. The Balaban J connectivity index is 1.58. The molecule has 1 heterocycles. The smallest absolute Gasteiger partial charge is 0.275 e. The van der Waals surface area contributed by atoms with Gasteiger partial charge in [0.25, 0.3) is 5.91 Å². The van der Waals surface area contributed by atoms with Crippen LogP contribution in [0.15, 0.2) is 53.6 Å². The van der Waals surface area contributed by atoms with Gasteiger partial charge in [-0.05, 0) is 73.2 Å². The molecule has 0 fully saturated rings. The van der Waals surface area contributed by atoms with E-state index in [0.29, 0.717) is 5.56 Å². The van der Waals surface area contributed by atoms with Gasteiger partial charge < -0.3 is 10.0 Å². The minimum atomic E-state index is -0.558. The first-order valence-electron chi connectivity index (χ1n) is 11.4. The van der Waals surface area contributed by atoms with E-state index < -0.39 is 5.91 Å². The Morgan fingerprint density at radius 2 is 1.94 bits per heavy atom. The maximum Gasteiger partial charge on any atom is 0.275 e. The summed E-state index contributed by atoms with van der Waals surface area (Å²) >= 11 is 0. The highest BCUT2D eigenvalue weighted by atomic mass is 19.1. The fraction of sp³-hybridized carbons (Fsp3) is 0.333. The number of hydrogen-bond donors (Lipinski definition) is 2. The standard InChI is InChI=1S/C27H30FN3O2/c1-5-10-31-24-14-23(28)20(12-21(24)17(2)15-27(31,3)4)16-29-30-26(33)22-11-18-8-6-7-9-19(18)13-25(22)32/h6-9,11-14,16-17,32H,5,10,15H2,1-4H3,(H,30,33)/b29-16-.